The minimum atomic E-state index is -0.105. The summed E-state index contributed by atoms with van der Waals surface area (Å²) in [6, 6.07) is 1.80. The molecule has 1 amide bonds. The fourth-order valence-corrected chi connectivity index (χ4v) is 1.91. The van der Waals surface area contributed by atoms with E-state index < -0.39 is 0 Å². The van der Waals surface area contributed by atoms with Gasteiger partial charge in [0.2, 0.25) is 0 Å². The Morgan fingerprint density at radius 2 is 2.22 bits per heavy atom. The predicted molar refractivity (Wildman–Crippen MR) is 67.5 cm³/mol. The molecule has 0 aliphatic carbocycles. The molecule has 1 N–H and O–H groups in total. The Morgan fingerprint density at radius 3 is 2.83 bits per heavy atom. The molecule has 0 unspecified atom stereocenters. The van der Waals surface area contributed by atoms with E-state index in [1.54, 1.807) is 10.7 Å². The van der Waals surface area contributed by atoms with Crippen LogP contribution in [0.4, 0.5) is 0 Å². The first-order valence-electron chi connectivity index (χ1n) is 6.26. The number of hydrogen-bond acceptors (Lipinski definition) is 4. The zero-order valence-corrected chi connectivity index (χ0v) is 11.0. The number of hydrogen-bond donors (Lipinski definition) is 1. The van der Waals surface area contributed by atoms with Crippen LogP contribution in [0.25, 0.3) is 0 Å². The highest BCUT2D eigenvalue weighted by Gasteiger charge is 2.12. The lowest BCUT2D eigenvalue weighted by Gasteiger charge is -2.26. The topological polar surface area (TPSA) is 59.4 Å². The summed E-state index contributed by atoms with van der Waals surface area (Å²) < 4.78 is 6.98. The molecule has 1 aliphatic rings. The summed E-state index contributed by atoms with van der Waals surface area (Å²) in [4.78, 5) is 14.1. The van der Waals surface area contributed by atoms with Crippen molar-refractivity contribution in [3.8, 4) is 0 Å². The largest absolute Gasteiger partial charge is 0.379 e. The molecule has 6 nitrogen and oxygen atoms in total. The van der Waals surface area contributed by atoms with Crippen molar-refractivity contribution >= 4 is 5.91 Å². The summed E-state index contributed by atoms with van der Waals surface area (Å²) in [5, 5.41) is 7.04. The fraction of sp³-hybridized carbons (Fsp3) is 0.667. The first-order chi connectivity index (χ1) is 8.66. The van der Waals surface area contributed by atoms with Gasteiger partial charge in [0.15, 0.2) is 0 Å². The monoisotopic (exact) mass is 252 g/mol. The Kier molecular flexibility index (Phi) is 4.33. The third-order valence-corrected chi connectivity index (χ3v) is 3.16. The molecule has 0 radical (unpaired) electrons. The van der Waals surface area contributed by atoms with E-state index in [-0.39, 0.29) is 5.91 Å². The highest BCUT2D eigenvalue weighted by Crippen LogP contribution is 2.01. The van der Waals surface area contributed by atoms with Crippen LogP contribution in [0, 0.1) is 6.92 Å². The molecule has 0 spiro atoms. The van der Waals surface area contributed by atoms with E-state index in [1.165, 1.54) is 0 Å². The van der Waals surface area contributed by atoms with Crippen LogP contribution in [0.1, 0.15) is 16.2 Å². The van der Waals surface area contributed by atoms with Crippen LogP contribution in [0.5, 0.6) is 0 Å². The van der Waals surface area contributed by atoms with Crippen molar-refractivity contribution in [3.63, 3.8) is 0 Å². The number of carbonyl (C=O) groups is 1. The van der Waals surface area contributed by atoms with Gasteiger partial charge < -0.3 is 10.1 Å². The molecule has 1 aromatic rings. The maximum absolute atomic E-state index is 11.8. The average Bonchev–Trinajstić information content (AvgIpc) is 2.71. The number of ether oxygens (including phenoxy) is 1. The summed E-state index contributed by atoms with van der Waals surface area (Å²) in [5.41, 5.74) is 1.46. The van der Waals surface area contributed by atoms with Gasteiger partial charge in [-0.1, -0.05) is 0 Å². The zero-order valence-electron chi connectivity index (χ0n) is 11.0. The predicted octanol–water partition coefficient (Wildman–Crippen LogP) is -0.209. The normalized spacial score (nSPS) is 16.8. The second kappa shape index (κ2) is 5.97. The average molecular weight is 252 g/mol. The molecule has 1 fully saturated rings. The Morgan fingerprint density at radius 1 is 1.50 bits per heavy atom. The number of aryl methyl sites for hydroxylation is 2. The van der Waals surface area contributed by atoms with Crippen LogP contribution in [0.2, 0.25) is 0 Å². The van der Waals surface area contributed by atoms with Crippen molar-refractivity contribution in [2.75, 3.05) is 39.4 Å². The number of morpholine rings is 1. The third kappa shape index (κ3) is 3.30. The van der Waals surface area contributed by atoms with E-state index in [0.717, 1.165) is 38.5 Å². The van der Waals surface area contributed by atoms with Crippen LogP contribution < -0.4 is 5.32 Å². The van der Waals surface area contributed by atoms with Gasteiger partial charge in [-0.15, -0.1) is 0 Å². The van der Waals surface area contributed by atoms with Crippen molar-refractivity contribution in [3.05, 3.63) is 17.5 Å². The van der Waals surface area contributed by atoms with Crippen molar-refractivity contribution in [2.24, 2.45) is 7.05 Å². The van der Waals surface area contributed by atoms with Gasteiger partial charge in [-0.3, -0.25) is 14.4 Å². The molecule has 1 aromatic heterocycles. The molecular weight excluding hydrogens is 232 g/mol. The summed E-state index contributed by atoms with van der Waals surface area (Å²) in [6.07, 6.45) is 0. The first-order valence-corrected chi connectivity index (χ1v) is 6.26. The number of nitrogens with zero attached hydrogens (tertiary/aromatic N) is 3. The van der Waals surface area contributed by atoms with Gasteiger partial charge in [-0.2, -0.15) is 5.10 Å². The van der Waals surface area contributed by atoms with Crippen molar-refractivity contribution in [1.82, 2.24) is 20.0 Å². The minimum absolute atomic E-state index is 0.105. The SMILES string of the molecule is Cc1cc(C(=O)NCCN2CCOCC2)nn1C. The molecule has 2 heterocycles. The summed E-state index contributed by atoms with van der Waals surface area (Å²) >= 11 is 0. The van der Waals surface area contributed by atoms with Crippen LogP contribution >= 0.6 is 0 Å². The van der Waals surface area contributed by atoms with Gasteiger partial charge in [0.05, 0.1) is 13.2 Å². The highest BCUT2D eigenvalue weighted by atomic mass is 16.5. The quantitative estimate of drug-likeness (QED) is 0.805. The van der Waals surface area contributed by atoms with Crippen LogP contribution in [0.3, 0.4) is 0 Å². The van der Waals surface area contributed by atoms with Gasteiger partial charge in [0, 0.05) is 38.9 Å². The highest BCUT2D eigenvalue weighted by molar-refractivity contribution is 5.92. The maximum atomic E-state index is 11.8. The second-order valence-electron chi connectivity index (χ2n) is 4.50. The smallest absolute Gasteiger partial charge is 0.271 e. The summed E-state index contributed by atoms with van der Waals surface area (Å²) in [5.74, 6) is -0.105. The summed E-state index contributed by atoms with van der Waals surface area (Å²) in [6.45, 7) is 6.89. The fourth-order valence-electron chi connectivity index (χ4n) is 1.91. The molecule has 18 heavy (non-hydrogen) atoms. The Balaban J connectivity index is 1.74. The van der Waals surface area contributed by atoms with Crippen LogP contribution in [0.15, 0.2) is 6.07 Å². The summed E-state index contributed by atoms with van der Waals surface area (Å²) in [7, 11) is 1.83. The molecule has 1 saturated heterocycles. The van der Waals surface area contributed by atoms with Gasteiger partial charge in [0.25, 0.3) is 5.91 Å². The Hall–Kier alpha value is -1.40. The van der Waals surface area contributed by atoms with Crippen molar-refractivity contribution in [1.29, 1.82) is 0 Å². The zero-order chi connectivity index (χ0) is 13.0. The van der Waals surface area contributed by atoms with Crippen LogP contribution in [-0.4, -0.2) is 60.0 Å². The van der Waals surface area contributed by atoms with E-state index in [1.807, 2.05) is 14.0 Å². The van der Waals surface area contributed by atoms with Gasteiger partial charge in [0.1, 0.15) is 5.69 Å². The lowest BCUT2D eigenvalue weighted by molar-refractivity contribution is 0.0383. The molecule has 6 heteroatoms. The van der Waals surface area contributed by atoms with Gasteiger partial charge in [-0.25, -0.2) is 0 Å². The Bertz CT molecular complexity index is 391. The minimum Gasteiger partial charge on any atom is -0.379 e. The van der Waals surface area contributed by atoms with Gasteiger partial charge >= 0.3 is 0 Å². The number of carbonyl (C=O) groups excluding carboxylic acids is 1. The van der Waals surface area contributed by atoms with E-state index in [4.69, 9.17) is 4.74 Å². The number of nitrogens with one attached hydrogen (secondary N) is 1. The van der Waals surface area contributed by atoms with Crippen LogP contribution in [-0.2, 0) is 11.8 Å². The van der Waals surface area contributed by atoms with E-state index in [0.29, 0.717) is 12.2 Å². The van der Waals surface area contributed by atoms with Gasteiger partial charge in [-0.05, 0) is 13.0 Å². The van der Waals surface area contributed by atoms with E-state index >= 15 is 0 Å². The lowest BCUT2D eigenvalue weighted by Crippen LogP contribution is -2.41. The van der Waals surface area contributed by atoms with E-state index in [2.05, 4.69) is 15.3 Å². The lowest BCUT2D eigenvalue weighted by atomic mass is 10.3. The molecule has 100 valence electrons. The number of rotatable bonds is 4. The molecule has 0 atom stereocenters. The molecule has 0 bridgehead atoms. The number of aromatic nitrogens is 2. The molecule has 2 rings (SSSR count). The molecule has 1 aliphatic heterocycles. The molecule has 0 aromatic carbocycles. The Labute approximate surface area is 107 Å². The first kappa shape index (κ1) is 13.0. The van der Waals surface area contributed by atoms with E-state index in [9.17, 15) is 4.79 Å². The van der Waals surface area contributed by atoms with Crippen molar-refractivity contribution in [2.45, 2.75) is 6.92 Å². The number of amides is 1. The molecular formula is C12H20N4O2. The third-order valence-electron chi connectivity index (χ3n) is 3.16. The maximum Gasteiger partial charge on any atom is 0.271 e. The van der Waals surface area contributed by atoms with Crippen molar-refractivity contribution < 1.29 is 9.53 Å². The second-order valence-corrected chi connectivity index (χ2v) is 4.50. The molecule has 0 saturated carbocycles. The standard InChI is InChI=1S/C12H20N4O2/c1-10-9-11(14-15(10)2)12(17)13-3-4-16-5-7-18-8-6-16/h9H,3-8H2,1-2H3,(H,13,17).